The Morgan fingerprint density at radius 1 is 0.619 bits per heavy atom. The molecule has 0 bridgehead atoms. The molecule has 1 rings (SSSR count). The second-order valence-corrected chi connectivity index (χ2v) is 5.54. The van der Waals surface area contributed by atoms with E-state index in [0.717, 1.165) is 0 Å². The van der Waals surface area contributed by atoms with Crippen LogP contribution in [0.1, 0.15) is 40.0 Å². The average molecular weight is 306 g/mol. The summed E-state index contributed by atoms with van der Waals surface area (Å²) in [5.41, 5.74) is 0. The topological polar surface area (TPSA) is 55.4 Å². The number of hydrogen-bond donors (Lipinski definition) is 0. The second kappa shape index (κ2) is 9.71. The van der Waals surface area contributed by atoms with Crippen molar-refractivity contribution in [2.45, 2.75) is 77.2 Å². The molecule has 3 unspecified atom stereocenters. The molecule has 3 atom stereocenters. The fourth-order valence-corrected chi connectivity index (χ4v) is 2.04. The lowest BCUT2D eigenvalue weighted by Gasteiger charge is -2.38. The summed E-state index contributed by atoms with van der Waals surface area (Å²) in [7, 11) is 5.04. The molecular weight excluding hydrogens is 276 g/mol. The van der Waals surface area contributed by atoms with Crippen LogP contribution in [0, 0.1) is 0 Å². The summed E-state index contributed by atoms with van der Waals surface area (Å²) < 4.78 is 33.3. The van der Waals surface area contributed by atoms with Crippen molar-refractivity contribution in [2.75, 3.05) is 21.3 Å². The van der Waals surface area contributed by atoms with E-state index in [2.05, 4.69) is 0 Å². The Kier molecular flexibility index (Phi) is 8.70. The van der Waals surface area contributed by atoms with Gasteiger partial charge in [0.2, 0.25) is 0 Å². The molecule has 0 spiro atoms. The van der Waals surface area contributed by atoms with E-state index in [9.17, 15) is 0 Å². The Morgan fingerprint density at radius 2 is 0.857 bits per heavy atom. The zero-order valence-electron chi connectivity index (χ0n) is 14.0. The first-order valence-electron chi connectivity index (χ1n) is 7.53. The van der Waals surface area contributed by atoms with E-state index in [1.165, 1.54) is 0 Å². The van der Waals surface area contributed by atoms with E-state index in [1.807, 2.05) is 20.8 Å². The molecule has 1 saturated heterocycles. The van der Waals surface area contributed by atoms with Crippen molar-refractivity contribution in [1.29, 1.82) is 0 Å². The van der Waals surface area contributed by atoms with E-state index >= 15 is 0 Å². The van der Waals surface area contributed by atoms with Gasteiger partial charge in [0.25, 0.3) is 0 Å². The summed E-state index contributed by atoms with van der Waals surface area (Å²) in [6, 6.07) is 0. The van der Waals surface area contributed by atoms with Gasteiger partial charge in [0.1, 0.15) is 0 Å². The minimum absolute atomic E-state index is 0.0640. The normalized spacial score (nSPS) is 30.9. The van der Waals surface area contributed by atoms with Crippen LogP contribution < -0.4 is 0 Å². The second-order valence-electron chi connectivity index (χ2n) is 5.54. The molecule has 1 heterocycles. The van der Waals surface area contributed by atoms with Crippen LogP contribution in [0.2, 0.25) is 0 Å². The fraction of sp³-hybridized carbons (Fsp3) is 1.00. The van der Waals surface area contributed by atoms with Gasteiger partial charge in [-0.2, -0.15) is 0 Å². The lowest BCUT2D eigenvalue weighted by molar-refractivity contribution is -0.392. The molecule has 0 aliphatic carbocycles. The van der Waals surface area contributed by atoms with Crippen LogP contribution in [0.15, 0.2) is 0 Å². The van der Waals surface area contributed by atoms with Crippen LogP contribution in [0.5, 0.6) is 0 Å². The molecule has 0 N–H and O–H groups in total. The predicted molar refractivity (Wildman–Crippen MR) is 77.9 cm³/mol. The van der Waals surface area contributed by atoms with Gasteiger partial charge in [0.05, 0.1) is 18.3 Å². The first kappa shape index (κ1) is 18.8. The third-order valence-corrected chi connectivity index (χ3v) is 3.69. The van der Waals surface area contributed by atoms with Crippen molar-refractivity contribution in [2.24, 2.45) is 0 Å². The SMILES string of the molecule is COC(C)CC1OC(CC(C)OC)OC(CC(C)OC)O1. The number of rotatable bonds is 9. The van der Waals surface area contributed by atoms with E-state index < -0.39 is 0 Å². The highest BCUT2D eigenvalue weighted by molar-refractivity contribution is 4.66. The van der Waals surface area contributed by atoms with Crippen LogP contribution in [-0.4, -0.2) is 58.5 Å². The van der Waals surface area contributed by atoms with Gasteiger partial charge in [0.15, 0.2) is 18.9 Å². The van der Waals surface area contributed by atoms with Gasteiger partial charge in [-0.1, -0.05) is 0 Å². The van der Waals surface area contributed by atoms with Gasteiger partial charge < -0.3 is 28.4 Å². The molecule has 0 radical (unpaired) electrons. The number of ether oxygens (including phenoxy) is 6. The van der Waals surface area contributed by atoms with Gasteiger partial charge in [-0.05, 0) is 20.8 Å². The van der Waals surface area contributed by atoms with Crippen molar-refractivity contribution >= 4 is 0 Å². The smallest absolute Gasteiger partial charge is 0.166 e. The van der Waals surface area contributed by atoms with Crippen molar-refractivity contribution in [3.63, 3.8) is 0 Å². The summed E-state index contributed by atoms with van der Waals surface area (Å²) in [4.78, 5) is 0. The predicted octanol–water partition coefficient (Wildman–Crippen LogP) is 2.30. The van der Waals surface area contributed by atoms with Crippen molar-refractivity contribution in [3.05, 3.63) is 0 Å². The minimum Gasteiger partial charge on any atom is -0.382 e. The number of methoxy groups -OCH3 is 3. The lowest BCUT2D eigenvalue weighted by Crippen LogP contribution is -2.44. The first-order chi connectivity index (χ1) is 9.98. The van der Waals surface area contributed by atoms with Crippen LogP contribution in [0.25, 0.3) is 0 Å². The quantitative estimate of drug-likeness (QED) is 0.651. The maximum absolute atomic E-state index is 5.83. The number of hydrogen-bond acceptors (Lipinski definition) is 6. The molecule has 0 saturated carbocycles. The maximum atomic E-state index is 5.83. The highest BCUT2D eigenvalue weighted by atomic mass is 16.9. The van der Waals surface area contributed by atoms with E-state index in [1.54, 1.807) is 21.3 Å². The largest absolute Gasteiger partial charge is 0.382 e. The van der Waals surface area contributed by atoms with Crippen LogP contribution in [-0.2, 0) is 28.4 Å². The third-order valence-electron chi connectivity index (χ3n) is 3.69. The molecule has 0 amide bonds. The highest BCUT2D eigenvalue weighted by Gasteiger charge is 2.33. The summed E-state index contributed by atoms with van der Waals surface area (Å²) in [5.74, 6) is 0. The van der Waals surface area contributed by atoms with Crippen molar-refractivity contribution < 1.29 is 28.4 Å². The molecule has 6 heteroatoms. The van der Waals surface area contributed by atoms with E-state index in [-0.39, 0.29) is 37.2 Å². The molecule has 126 valence electrons. The molecule has 0 aromatic heterocycles. The highest BCUT2D eigenvalue weighted by Crippen LogP contribution is 2.25. The zero-order valence-corrected chi connectivity index (χ0v) is 14.0. The molecular formula is C15H30O6. The van der Waals surface area contributed by atoms with Gasteiger partial charge in [0, 0.05) is 40.6 Å². The standard InChI is InChI=1S/C15H30O6/c1-10(16-4)7-13-19-14(8-11(2)17-5)21-15(20-13)9-12(3)18-6/h10-15H,7-9H2,1-6H3. The van der Waals surface area contributed by atoms with Crippen LogP contribution in [0.4, 0.5) is 0 Å². The molecule has 1 aliphatic heterocycles. The molecule has 21 heavy (non-hydrogen) atoms. The van der Waals surface area contributed by atoms with Crippen molar-refractivity contribution in [1.82, 2.24) is 0 Å². The molecule has 1 fully saturated rings. The molecule has 6 nitrogen and oxygen atoms in total. The van der Waals surface area contributed by atoms with Gasteiger partial charge in [-0.15, -0.1) is 0 Å². The van der Waals surface area contributed by atoms with Crippen LogP contribution >= 0.6 is 0 Å². The Hall–Kier alpha value is -0.240. The minimum atomic E-state index is -0.336. The Balaban J connectivity index is 2.59. The van der Waals surface area contributed by atoms with E-state index in [0.29, 0.717) is 19.3 Å². The Labute approximate surface area is 128 Å². The zero-order chi connectivity index (χ0) is 15.8. The fourth-order valence-electron chi connectivity index (χ4n) is 2.04. The summed E-state index contributed by atoms with van der Waals surface area (Å²) >= 11 is 0. The molecule has 0 aromatic rings. The summed E-state index contributed by atoms with van der Waals surface area (Å²) in [5, 5.41) is 0. The Morgan fingerprint density at radius 3 is 1.05 bits per heavy atom. The average Bonchev–Trinajstić information content (AvgIpc) is 2.46. The summed E-state index contributed by atoms with van der Waals surface area (Å²) in [6.45, 7) is 5.96. The Bertz CT molecular complexity index is 226. The van der Waals surface area contributed by atoms with Gasteiger partial charge in [-0.3, -0.25) is 0 Å². The lowest BCUT2D eigenvalue weighted by atomic mass is 10.2. The summed E-state index contributed by atoms with van der Waals surface area (Å²) in [6.07, 6.45) is 1.17. The molecule has 0 aromatic carbocycles. The van der Waals surface area contributed by atoms with Gasteiger partial charge >= 0.3 is 0 Å². The van der Waals surface area contributed by atoms with Crippen LogP contribution in [0.3, 0.4) is 0 Å². The van der Waals surface area contributed by atoms with E-state index in [4.69, 9.17) is 28.4 Å². The van der Waals surface area contributed by atoms with Crippen molar-refractivity contribution in [3.8, 4) is 0 Å². The first-order valence-corrected chi connectivity index (χ1v) is 7.53. The maximum Gasteiger partial charge on any atom is 0.166 e. The third kappa shape index (κ3) is 7.04. The van der Waals surface area contributed by atoms with Gasteiger partial charge in [-0.25, -0.2) is 0 Å². The monoisotopic (exact) mass is 306 g/mol. The molecule has 1 aliphatic rings.